The Balaban J connectivity index is 1.85. The highest BCUT2D eigenvalue weighted by molar-refractivity contribution is 9.10. The van der Waals surface area contributed by atoms with Crippen molar-refractivity contribution in [1.29, 1.82) is 0 Å². The number of benzene rings is 1. The van der Waals surface area contributed by atoms with Crippen molar-refractivity contribution < 1.29 is 4.79 Å². The molecule has 0 atom stereocenters. The predicted molar refractivity (Wildman–Crippen MR) is 73.4 cm³/mol. The van der Waals surface area contributed by atoms with E-state index in [9.17, 15) is 4.79 Å². The van der Waals surface area contributed by atoms with E-state index in [2.05, 4.69) is 21.2 Å². The van der Waals surface area contributed by atoms with Gasteiger partial charge in [-0.05, 0) is 46.5 Å². The first-order valence-corrected chi connectivity index (χ1v) is 7.07. The highest BCUT2D eigenvalue weighted by Crippen LogP contribution is 2.28. The minimum absolute atomic E-state index is 0.0344. The number of hydrogen-bond acceptors (Lipinski definition) is 1. The molecule has 4 heteroatoms. The van der Waals surface area contributed by atoms with Crippen molar-refractivity contribution in [3.8, 4) is 0 Å². The third-order valence-corrected chi connectivity index (χ3v) is 4.13. The average Bonchev–Trinajstić information content (AvgIpc) is 2.21. The molecule has 1 fully saturated rings. The summed E-state index contributed by atoms with van der Waals surface area (Å²) in [7, 11) is 0. The molecule has 1 aromatic rings. The molecule has 92 valence electrons. The number of carbonyl (C=O) groups excluding carboxylic acids is 1. The van der Waals surface area contributed by atoms with Crippen LogP contribution in [0.1, 0.15) is 36.0 Å². The van der Waals surface area contributed by atoms with Gasteiger partial charge < -0.3 is 5.32 Å². The number of hydrogen-bond donors (Lipinski definition) is 1. The zero-order valence-electron chi connectivity index (χ0n) is 9.51. The molecule has 1 N–H and O–H groups in total. The van der Waals surface area contributed by atoms with Crippen LogP contribution >= 0.6 is 27.5 Å². The quantitative estimate of drug-likeness (QED) is 0.893. The number of carbonyl (C=O) groups is 1. The zero-order valence-corrected chi connectivity index (χ0v) is 11.9. The lowest BCUT2D eigenvalue weighted by Gasteiger charge is -2.25. The van der Waals surface area contributed by atoms with E-state index < -0.39 is 0 Å². The van der Waals surface area contributed by atoms with Gasteiger partial charge in [0.1, 0.15) is 0 Å². The molecule has 0 saturated heterocycles. The maximum Gasteiger partial charge on any atom is 0.252 e. The number of halogens is 2. The van der Waals surface area contributed by atoms with Gasteiger partial charge in [0.05, 0.1) is 5.56 Å². The van der Waals surface area contributed by atoms with Gasteiger partial charge in [0.15, 0.2) is 0 Å². The van der Waals surface area contributed by atoms with Crippen LogP contribution < -0.4 is 5.32 Å². The van der Waals surface area contributed by atoms with E-state index in [-0.39, 0.29) is 5.91 Å². The summed E-state index contributed by atoms with van der Waals surface area (Å²) in [5, 5.41) is 3.57. The van der Waals surface area contributed by atoms with E-state index in [1.807, 2.05) is 0 Å². The summed E-state index contributed by atoms with van der Waals surface area (Å²) in [4.78, 5) is 11.9. The van der Waals surface area contributed by atoms with Crippen molar-refractivity contribution in [3.05, 3.63) is 33.3 Å². The standard InChI is InChI=1S/C13H15BrClNO/c14-12-8-10(15)4-5-11(12)13(17)16-7-6-9-2-1-3-9/h4-5,8-9H,1-3,6-7H2,(H,16,17). The minimum Gasteiger partial charge on any atom is -0.352 e. The van der Waals surface area contributed by atoms with Crippen LogP contribution in [0.2, 0.25) is 5.02 Å². The van der Waals surface area contributed by atoms with E-state index in [0.29, 0.717) is 10.6 Å². The second-order valence-corrected chi connectivity index (χ2v) is 5.76. The van der Waals surface area contributed by atoms with Crippen molar-refractivity contribution in [2.75, 3.05) is 6.54 Å². The normalized spacial score (nSPS) is 15.4. The molecule has 1 amide bonds. The lowest BCUT2D eigenvalue weighted by molar-refractivity contribution is 0.0948. The Bertz CT molecular complexity index is 418. The second kappa shape index (κ2) is 5.87. The van der Waals surface area contributed by atoms with E-state index in [1.54, 1.807) is 18.2 Å². The highest BCUT2D eigenvalue weighted by atomic mass is 79.9. The molecular formula is C13H15BrClNO. The summed E-state index contributed by atoms with van der Waals surface area (Å²) in [6, 6.07) is 5.21. The van der Waals surface area contributed by atoms with Gasteiger partial charge in [0, 0.05) is 16.0 Å². The Morgan fingerprint density at radius 3 is 2.82 bits per heavy atom. The Hall–Kier alpha value is -0.540. The smallest absolute Gasteiger partial charge is 0.252 e. The van der Waals surface area contributed by atoms with Crippen LogP contribution in [0.25, 0.3) is 0 Å². The molecule has 0 aromatic heterocycles. The van der Waals surface area contributed by atoms with Gasteiger partial charge in [-0.15, -0.1) is 0 Å². The van der Waals surface area contributed by atoms with Crippen molar-refractivity contribution in [3.63, 3.8) is 0 Å². The summed E-state index contributed by atoms with van der Waals surface area (Å²) in [5.41, 5.74) is 0.642. The lowest BCUT2D eigenvalue weighted by atomic mass is 9.83. The first kappa shape index (κ1) is 12.9. The Labute approximate surface area is 115 Å². The van der Waals surface area contributed by atoms with Gasteiger partial charge in [-0.3, -0.25) is 4.79 Å². The highest BCUT2D eigenvalue weighted by Gasteiger charge is 2.17. The summed E-state index contributed by atoms with van der Waals surface area (Å²) in [6.45, 7) is 0.762. The Kier molecular flexibility index (Phi) is 4.46. The Morgan fingerprint density at radius 2 is 2.24 bits per heavy atom. The van der Waals surface area contributed by atoms with Crippen LogP contribution in [-0.4, -0.2) is 12.5 Å². The molecule has 0 bridgehead atoms. The van der Waals surface area contributed by atoms with Crippen molar-refractivity contribution >= 4 is 33.4 Å². The fraction of sp³-hybridized carbons (Fsp3) is 0.462. The maximum absolute atomic E-state index is 11.9. The first-order chi connectivity index (χ1) is 8.16. The van der Waals surface area contributed by atoms with Crippen LogP contribution in [0.15, 0.2) is 22.7 Å². The number of nitrogens with one attached hydrogen (secondary N) is 1. The first-order valence-electron chi connectivity index (χ1n) is 5.90. The molecule has 2 nitrogen and oxygen atoms in total. The predicted octanol–water partition coefficient (Wildman–Crippen LogP) is 4.02. The molecule has 1 aliphatic rings. The summed E-state index contributed by atoms with van der Waals surface area (Å²) in [5.74, 6) is 0.789. The van der Waals surface area contributed by atoms with E-state index in [4.69, 9.17) is 11.6 Å². The fourth-order valence-electron chi connectivity index (χ4n) is 1.94. The van der Waals surface area contributed by atoms with Gasteiger partial charge in [0.2, 0.25) is 0 Å². The van der Waals surface area contributed by atoms with Crippen molar-refractivity contribution in [2.24, 2.45) is 5.92 Å². The van der Waals surface area contributed by atoms with E-state index >= 15 is 0 Å². The molecule has 1 aliphatic carbocycles. The molecule has 0 heterocycles. The Morgan fingerprint density at radius 1 is 1.47 bits per heavy atom. The minimum atomic E-state index is -0.0344. The van der Waals surface area contributed by atoms with Gasteiger partial charge in [0.25, 0.3) is 5.91 Å². The number of amides is 1. The molecule has 2 rings (SSSR count). The van der Waals surface area contributed by atoms with Crippen LogP contribution in [-0.2, 0) is 0 Å². The molecule has 0 aliphatic heterocycles. The van der Waals surface area contributed by atoms with Crippen molar-refractivity contribution in [1.82, 2.24) is 5.32 Å². The van der Waals surface area contributed by atoms with E-state index in [1.165, 1.54) is 19.3 Å². The fourth-order valence-corrected chi connectivity index (χ4v) is 2.80. The molecule has 1 saturated carbocycles. The molecule has 0 radical (unpaired) electrons. The molecule has 0 spiro atoms. The lowest BCUT2D eigenvalue weighted by Crippen LogP contribution is -2.27. The largest absolute Gasteiger partial charge is 0.352 e. The van der Waals surface area contributed by atoms with Crippen LogP contribution in [0.3, 0.4) is 0 Å². The second-order valence-electron chi connectivity index (χ2n) is 4.47. The van der Waals surface area contributed by atoms with Crippen LogP contribution in [0, 0.1) is 5.92 Å². The van der Waals surface area contributed by atoms with Gasteiger partial charge >= 0.3 is 0 Å². The van der Waals surface area contributed by atoms with Gasteiger partial charge in [-0.2, -0.15) is 0 Å². The summed E-state index contributed by atoms with van der Waals surface area (Å²) in [6.07, 6.45) is 5.08. The molecule has 0 unspecified atom stereocenters. The van der Waals surface area contributed by atoms with Crippen LogP contribution in [0.5, 0.6) is 0 Å². The average molecular weight is 317 g/mol. The maximum atomic E-state index is 11.9. The van der Waals surface area contributed by atoms with Crippen LogP contribution in [0.4, 0.5) is 0 Å². The molecule has 17 heavy (non-hydrogen) atoms. The molecule has 1 aromatic carbocycles. The van der Waals surface area contributed by atoms with E-state index in [0.717, 1.165) is 23.4 Å². The SMILES string of the molecule is O=C(NCCC1CCC1)c1ccc(Cl)cc1Br. The van der Waals surface area contributed by atoms with Gasteiger partial charge in [-0.25, -0.2) is 0 Å². The topological polar surface area (TPSA) is 29.1 Å². The summed E-state index contributed by atoms with van der Waals surface area (Å²) < 4.78 is 0.742. The van der Waals surface area contributed by atoms with Gasteiger partial charge in [-0.1, -0.05) is 30.9 Å². The summed E-state index contributed by atoms with van der Waals surface area (Å²) >= 11 is 9.18. The monoisotopic (exact) mass is 315 g/mol. The third-order valence-electron chi connectivity index (χ3n) is 3.24. The molecular weight excluding hydrogens is 302 g/mol. The number of rotatable bonds is 4. The van der Waals surface area contributed by atoms with Crippen molar-refractivity contribution in [2.45, 2.75) is 25.7 Å². The third kappa shape index (κ3) is 3.46. The zero-order chi connectivity index (χ0) is 12.3.